The minimum Gasteiger partial charge on any atom is -0.361 e. The number of H-pyrrole nitrogens is 1. The number of nitrogens with zero attached hydrogens (tertiary/aromatic N) is 1. The average molecular weight is 419 g/mol. The van der Waals surface area contributed by atoms with Crippen molar-refractivity contribution in [1.82, 2.24) is 20.5 Å². The molecule has 1 unspecified atom stereocenters. The zero-order valence-electron chi connectivity index (χ0n) is 17.9. The summed E-state index contributed by atoms with van der Waals surface area (Å²) in [6, 6.07) is 18.0. The highest BCUT2D eigenvalue weighted by atomic mass is 16.2. The SMILES string of the molecule is CC(=O)NC(Cc1c[nH]c2ccccc12)C(=O)NC1CCN(Cc2ccccc2)CC1. The Labute approximate surface area is 183 Å². The van der Waals surface area contributed by atoms with E-state index >= 15 is 0 Å². The number of hydrogen-bond donors (Lipinski definition) is 3. The molecule has 0 bridgehead atoms. The number of fused-ring (bicyclic) bond motifs is 1. The second-order valence-corrected chi connectivity index (χ2v) is 8.36. The van der Waals surface area contributed by atoms with Crippen molar-refractivity contribution in [2.75, 3.05) is 13.1 Å². The molecule has 0 spiro atoms. The number of likely N-dealkylation sites (tertiary alicyclic amines) is 1. The highest BCUT2D eigenvalue weighted by Crippen LogP contribution is 2.20. The summed E-state index contributed by atoms with van der Waals surface area (Å²) in [5.74, 6) is -0.306. The summed E-state index contributed by atoms with van der Waals surface area (Å²) in [4.78, 5) is 30.5. The summed E-state index contributed by atoms with van der Waals surface area (Å²) in [6.45, 7) is 4.30. The molecule has 2 amide bonds. The minimum absolute atomic E-state index is 0.109. The van der Waals surface area contributed by atoms with Gasteiger partial charge in [0.05, 0.1) is 0 Å². The molecule has 162 valence electrons. The number of amides is 2. The largest absolute Gasteiger partial charge is 0.361 e. The zero-order valence-corrected chi connectivity index (χ0v) is 17.9. The van der Waals surface area contributed by atoms with E-state index in [1.165, 1.54) is 12.5 Å². The van der Waals surface area contributed by atoms with Crippen LogP contribution in [0.5, 0.6) is 0 Å². The van der Waals surface area contributed by atoms with Gasteiger partial charge in [-0.05, 0) is 30.0 Å². The first kappa shape index (κ1) is 21.1. The summed E-state index contributed by atoms with van der Waals surface area (Å²) in [5.41, 5.74) is 3.38. The first-order chi connectivity index (χ1) is 15.1. The molecule has 1 fully saturated rings. The smallest absolute Gasteiger partial charge is 0.243 e. The predicted octanol–water partition coefficient (Wildman–Crippen LogP) is 3.00. The maximum absolute atomic E-state index is 13.0. The van der Waals surface area contributed by atoms with Crippen molar-refractivity contribution >= 4 is 22.7 Å². The van der Waals surface area contributed by atoms with Crippen LogP contribution in [0, 0.1) is 0 Å². The maximum atomic E-state index is 13.0. The van der Waals surface area contributed by atoms with Gasteiger partial charge < -0.3 is 15.6 Å². The molecule has 1 atom stereocenters. The molecule has 0 aliphatic carbocycles. The third kappa shape index (κ3) is 5.52. The van der Waals surface area contributed by atoms with E-state index in [9.17, 15) is 9.59 Å². The highest BCUT2D eigenvalue weighted by Gasteiger charge is 2.26. The molecule has 6 nitrogen and oxygen atoms in total. The third-order valence-electron chi connectivity index (χ3n) is 5.98. The Morgan fingerprint density at radius 2 is 1.77 bits per heavy atom. The molecule has 1 aliphatic heterocycles. The quantitative estimate of drug-likeness (QED) is 0.552. The van der Waals surface area contributed by atoms with Gasteiger partial charge in [0.2, 0.25) is 11.8 Å². The highest BCUT2D eigenvalue weighted by molar-refractivity contribution is 5.89. The van der Waals surface area contributed by atoms with Gasteiger partial charge in [-0.3, -0.25) is 14.5 Å². The van der Waals surface area contributed by atoms with Gasteiger partial charge in [-0.25, -0.2) is 0 Å². The third-order valence-corrected chi connectivity index (χ3v) is 5.98. The van der Waals surface area contributed by atoms with E-state index in [1.54, 1.807) is 0 Å². The number of piperidine rings is 1. The second kappa shape index (κ2) is 9.79. The Morgan fingerprint density at radius 1 is 1.06 bits per heavy atom. The van der Waals surface area contributed by atoms with Crippen LogP contribution < -0.4 is 10.6 Å². The number of carbonyl (C=O) groups is 2. The van der Waals surface area contributed by atoms with Crippen LogP contribution in [0.3, 0.4) is 0 Å². The van der Waals surface area contributed by atoms with Crippen molar-refractivity contribution in [2.24, 2.45) is 0 Å². The Bertz CT molecular complexity index is 1020. The second-order valence-electron chi connectivity index (χ2n) is 8.36. The molecule has 2 aromatic carbocycles. The normalized spacial score (nSPS) is 16.2. The van der Waals surface area contributed by atoms with E-state index in [0.717, 1.165) is 48.9 Å². The van der Waals surface area contributed by atoms with Gasteiger partial charge in [0, 0.05) is 56.1 Å². The Morgan fingerprint density at radius 3 is 2.52 bits per heavy atom. The summed E-state index contributed by atoms with van der Waals surface area (Å²) in [5, 5.41) is 7.10. The fraction of sp³-hybridized carbons (Fsp3) is 0.360. The lowest BCUT2D eigenvalue weighted by Gasteiger charge is -2.33. The van der Waals surface area contributed by atoms with Crippen LogP contribution in [0.25, 0.3) is 10.9 Å². The average Bonchev–Trinajstić information content (AvgIpc) is 3.18. The summed E-state index contributed by atoms with van der Waals surface area (Å²) < 4.78 is 0. The molecule has 1 aliphatic rings. The van der Waals surface area contributed by atoms with Gasteiger partial charge in [0.1, 0.15) is 6.04 Å². The molecule has 0 radical (unpaired) electrons. The Hall–Kier alpha value is -3.12. The van der Waals surface area contributed by atoms with Crippen molar-refractivity contribution in [3.05, 3.63) is 71.9 Å². The van der Waals surface area contributed by atoms with E-state index in [-0.39, 0.29) is 17.9 Å². The van der Waals surface area contributed by atoms with E-state index in [2.05, 4.69) is 44.8 Å². The lowest BCUT2D eigenvalue weighted by molar-refractivity contribution is -0.128. The maximum Gasteiger partial charge on any atom is 0.243 e. The zero-order chi connectivity index (χ0) is 21.6. The predicted molar refractivity (Wildman–Crippen MR) is 122 cm³/mol. The van der Waals surface area contributed by atoms with Crippen LogP contribution in [0.1, 0.15) is 30.9 Å². The van der Waals surface area contributed by atoms with Crippen molar-refractivity contribution in [1.29, 1.82) is 0 Å². The fourth-order valence-electron chi connectivity index (χ4n) is 4.35. The van der Waals surface area contributed by atoms with Crippen molar-refractivity contribution < 1.29 is 9.59 Å². The molecular formula is C25H30N4O2. The van der Waals surface area contributed by atoms with Gasteiger partial charge in [-0.2, -0.15) is 0 Å². The summed E-state index contributed by atoms with van der Waals surface area (Å²) >= 11 is 0. The molecule has 4 rings (SSSR count). The van der Waals surface area contributed by atoms with Gasteiger partial charge >= 0.3 is 0 Å². The topological polar surface area (TPSA) is 77.2 Å². The Balaban J connectivity index is 1.34. The molecule has 3 aromatic rings. The van der Waals surface area contributed by atoms with E-state index in [4.69, 9.17) is 0 Å². The molecule has 1 aromatic heterocycles. The number of aromatic nitrogens is 1. The molecule has 31 heavy (non-hydrogen) atoms. The lowest BCUT2D eigenvalue weighted by Crippen LogP contribution is -2.52. The number of nitrogens with one attached hydrogen (secondary N) is 3. The standard InChI is InChI=1S/C25H30N4O2/c1-18(30)27-24(15-20-16-26-23-10-6-5-9-22(20)23)25(31)28-21-11-13-29(14-12-21)17-19-7-3-2-4-8-19/h2-10,16,21,24,26H,11-15,17H2,1H3,(H,27,30)(H,28,31). The van der Waals surface area contributed by atoms with E-state index < -0.39 is 6.04 Å². The molecule has 3 N–H and O–H groups in total. The molecule has 0 saturated carbocycles. The van der Waals surface area contributed by atoms with Gasteiger partial charge in [0.15, 0.2) is 0 Å². The molecule has 1 saturated heterocycles. The van der Waals surface area contributed by atoms with Gasteiger partial charge in [0.25, 0.3) is 0 Å². The molecule has 2 heterocycles. The van der Waals surface area contributed by atoms with Crippen molar-refractivity contribution in [3.8, 4) is 0 Å². The fourth-order valence-corrected chi connectivity index (χ4v) is 4.35. The number of benzene rings is 2. The summed E-state index contributed by atoms with van der Waals surface area (Å²) in [7, 11) is 0. The van der Waals surface area contributed by atoms with Crippen LogP contribution in [-0.2, 0) is 22.6 Å². The monoisotopic (exact) mass is 418 g/mol. The van der Waals surface area contributed by atoms with Crippen LogP contribution in [0.15, 0.2) is 60.8 Å². The van der Waals surface area contributed by atoms with Gasteiger partial charge in [-0.15, -0.1) is 0 Å². The molecule has 6 heteroatoms. The Kier molecular flexibility index (Phi) is 6.67. The first-order valence-electron chi connectivity index (χ1n) is 11.0. The van der Waals surface area contributed by atoms with Crippen molar-refractivity contribution in [2.45, 2.75) is 44.8 Å². The van der Waals surface area contributed by atoms with Crippen LogP contribution >= 0.6 is 0 Å². The van der Waals surface area contributed by atoms with Crippen LogP contribution in [0.4, 0.5) is 0 Å². The van der Waals surface area contributed by atoms with Crippen molar-refractivity contribution in [3.63, 3.8) is 0 Å². The van der Waals surface area contributed by atoms with Crippen LogP contribution in [0.2, 0.25) is 0 Å². The first-order valence-corrected chi connectivity index (χ1v) is 11.0. The number of aromatic amines is 1. The number of rotatable bonds is 7. The van der Waals surface area contributed by atoms with Gasteiger partial charge in [-0.1, -0.05) is 48.5 Å². The summed E-state index contributed by atoms with van der Waals surface area (Å²) in [6.07, 6.45) is 4.22. The minimum atomic E-state index is -0.584. The van der Waals surface area contributed by atoms with E-state index in [1.807, 2.05) is 36.5 Å². The number of hydrogen-bond acceptors (Lipinski definition) is 3. The van der Waals surface area contributed by atoms with Crippen LogP contribution in [-0.4, -0.2) is 46.9 Å². The number of para-hydroxylation sites is 1. The lowest BCUT2D eigenvalue weighted by atomic mass is 10.0. The molecular weight excluding hydrogens is 388 g/mol. The van der Waals surface area contributed by atoms with E-state index in [0.29, 0.717) is 6.42 Å². The number of carbonyl (C=O) groups excluding carboxylic acids is 2.